The van der Waals surface area contributed by atoms with Crippen LogP contribution in [-0.4, -0.2) is 46.7 Å². The summed E-state index contributed by atoms with van der Waals surface area (Å²) in [6.45, 7) is 3.93. The van der Waals surface area contributed by atoms with E-state index >= 15 is 0 Å². The quantitative estimate of drug-likeness (QED) is 0.692. The largest absolute Gasteiger partial charge is 0.378 e. The van der Waals surface area contributed by atoms with Crippen LogP contribution >= 0.6 is 11.3 Å². The highest BCUT2D eigenvalue weighted by Gasteiger charge is 2.20. The number of fused-ring (bicyclic) bond motifs is 1. The zero-order valence-corrected chi connectivity index (χ0v) is 15.6. The third-order valence-corrected chi connectivity index (χ3v) is 5.67. The molecule has 1 fully saturated rings. The summed E-state index contributed by atoms with van der Waals surface area (Å²) in [4.78, 5) is 33.2. The first-order chi connectivity index (χ1) is 13.0. The van der Waals surface area contributed by atoms with E-state index in [1.807, 2.05) is 6.92 Å². The molecule has 1 aliphatic heterocycles. The number of benzene rings is 1. The average molecular weight is 387 g/mol. The van der Waals surface area contributed by atoms with Gasteiger partial charge < -0.3 is 9.64 Å². The normalized spacial score (nSPS) is 14.7. The van der Waals surface area contributed by atoms with Crippen LogP contribution in [0.4, 0.5) is 4.39 Å². The molecule has 6 nitrogen and oxygen atoms in total. The molecule has 1 saturated heterocycles. The van der Waals surface area contributed by atoms with Gasteiger partial charge in [0.1, 0.15) is 17.2 Å². The Kier molecular flexibility index (Phi) is 4.75. The molecule has 3 heterocycles. The molecule has 0 N–H and O–H groups in total. The lowest BCUT2D eigenvalue weighted by Crippen LogP contribution is -2.43. The van der Waals surface area contributed by atoms with Gasteiger partial charge in [0.25, 0.3) is 5.56 Å². The monoisotopic (exact) mass is 387 g/mol. The van der Waals surface area contributed by atoms with Crippen LogP contribution in [0.1, 0.15) is 4.88 Å². The van der Waals surface area contributed by atoms with Crippen LogP contribution in [0.15, 0.2) is 35.4 Å². The number of morpholine rings is 1. The van der Waals surface area contributed by atoms with E-state index in [1.165, 1.54) is 34.4 Å². The number of halogens is 1. The molecule has 0 saturated carbocycles. The Hall–Kier alpha value is -2.58. The summed E-state index contributed by atoms with van der Waals surface area (Å²) in [7, 11) is 0. The number of thiophene rings is 1. The van der Waals surface area contributed by atoms with Gasteiger partial charge in [-0.05, 0) is 24.6 Å². The second-order valence-corrected chi connectivity index (χ2v) is 7.59. The predicted molar refractivity (Wildman–Crippen MR) is 101 cm³/mol. The highest BCUT2D eigenvalue weighted by molar-refractivity contribution is 7.19. The molecule has 0 unspecified atom stereocenters. The minimum absolute atomic E-state index is 0.0560. The van der Waals surface area contributed by atoms with Crippen molar-refractivity contribution in [3.63, 3.8) is 0 Å². The molecule has 0 radical (unpaired) electrons. The van der Waals surface area contributed by atoms with Gasteiger partial charge in [0, 0.05) is 23.5 Å². The summed E-state index contributed by atoms with van der Waals surface area (Å²) in [5.41, 5.74) is 1.25. The molecule has 1 aliphatic rings. The number of amides is 1. The lowest BCUT2D eigenvalue weighted by atomic mass is 10.0. The van der Waals surface area contributed by atoms with Gasteiger partial charge in [-0.3, -0.25) is 14.2 Å². The molecule has 8 heteroatoms. The van der Waals surface area contributed by atoms with Gasteiger partial charge in [0.05, 0.1) is 24.9 Å². The number of aryl methyl sites for hydroxylation is 1. The van der Waals surface area contributed by atoms with E-state index in [9.17, 15) is 14.0 Å². The molecule has 1 aromatic carbocycles. The van der Waals surface area contributed by atoms with Gasteiger partial charge in [-0.15, -0.1) is 11.3 Å². The molecule has 3 aromatic rings. The topological polar surface area (TPSA) is 64.4 Å². The van der Waals surface area contributed by atoms with Crippen LogP contribution in [0.5, 0.6) is 0 Å². The van der Waals surface area contributed by atoms with Crippen LogP contribution in [-0.2, 0) is 16.1 Å². The molecular formula is C19H18FN3O3S. The lowest BCUT2D eigenvalue weighted by molar-refractivity contribution is -0.135. The van der Waals surface area contributed by atoms with Crippen LogP contribution in [0.25, 0.3) is 21.3 Å². The Labute approximate surface area is 158 Å². The van der Waals surface area contributed by atoms with E-state index in [-0.39, 0.29) is 23.8 Å². The Bertz CT molecular complexity index is 1050. The second kappa shape index (κ2) is 7.21. The molecule has 27 heavy (non-hydrogen) atoms. The molecule has 2 aromatic heterocycles. The van der Waals surface area contributed by atoms with Crippen LogP contribution in [0, 0.1) is 12.7 Å². The Morgan fingerprint density at radius 3 is 2.67 bits per heavy atom. The van der Waals surface area contributed by atoms with Crippen LogP contribution in [0.2, 0.25) is 0 Å². The van der Waals surface area contributed by atoms with Crippen molar-refractivity contribution < 1.29 is 13.9 Å². The molecule has 0 bridgehead atoms. The lowest BCUT2D eigenvalue weighted by Gasteiger charge is -2.26. The number of rotatable bonds is 3. The highest BCUT2D eigenvalue weighted by atomic mass is 32.1. The molecule has 0 aliphatic carbocycles. The molecule has 0 spiro atoms. The maximum absolute atomic E-state index is 13.3. The summed E-state index contributed by atoms with van der Waals surface area (Å²) >= 11 is 1.42. The first-order valence-corrected chi connectivity index (χ1v) is 9.46. The van der Waals surface area contributed by atoms with Gasteiger partial charge in [-0.1, -0.05) is 12.1 Å². The summed E-state index contributed by atoms with van der Waals surface area (Å²) < 4.78 is 19.9. The van der Waals surface area contributed by atoms with Gasteiger partial charge in [0.15, 0.2) is 0 Å². The van der Waals surface area contributed by atoms with Crippen molar-refractivity contribution in [1.29, 1.82) is 0 Å². The first-order valence-electron chi connectivity index (χ1n) is 8.64. The van der Waals surface area contributed by atoms with Crippen molar-refractivity contribution in [3.05, 3.63) is 51.6 Å². The Morgan fingerprint density at radius 2 is 1.96 bits per heavy atom. The van der Waals surface area contributed by atoms with E-state index < -0.39 is 0 Å². The number of carbonyl (C=O) groups is 1. The fourth-order valence-electron chi connectivity index (χ4n) is 3.27. The minimum atomic E-state index is -0.331. The van der Waals surface area contributed by atoms with Crippen LogP contribution in [0.3, 0.4) is 0 Å². The predicted octanol–water partition coefficient (Wildman–Crippen LogP) is 2.43. The molecule has 140 valence electrons. The molecule has 1 amide bonds. The standard InChI is InChI=1S/C19H18FN3O3S/c1-12-16(13-2-4-14(20)5-3-13)17-18(27-12)21-11-23(19(17)25)10-15(24)22-6-8-26-9-7-22/h2-5,11H,6-10H2,1H3. The molecule has 0 atom stereocenters. The summed E-state index contributed by atoms with van der Waals surface area (Å²) in [6, 6.07) is 6.04. The Balaban J connectivity index is 1.75. The number of aromatic nitrogens is 2. The van der Waals surface area contributed by atoms with E-state index in [1.54, 1.807) is 17.0 Å². The van der Waals surface area contributed by atoms with Crippen LogP contribution < -0.4 is 5.56 Å². The van der Waals surface area contributed by atoms with Crippen molar-refractivity contribution in [2.24, 2.45) is 0 Å². The van der Waals surface area contributed by atoms with Gasteiger partial charge in [-0.25, -0.2) is 9.37 Å². The summed E-state index contributed by atoms with van der Waals surface area (Å²) in [5, 5.41) is 0.474. The third-order valence-electron chi connectivity index (χ3n) is 4.66. The van der Waals surface area contributed by atoms with Crippen molar-refractivity contribution in [1.82, 2.24) is 14.5 Å². The maximum Gasteiger partial charge on any atom is 0.263 e. The fourth-order valence-corrected chi connectivity index (χ4v) is 4.28. The van der Waals surface area contributed by atoms with E-state index in [0.29, 0.717) is 36.5 Å². The van der Waals surface area contributed by atoms with Gasteiger partial charge in [-0.2, -0.15) is 0 Å². The highest BCUT2D eigenvalue weighted by Crippen LogP contribution is 2.35. The molecular weight excluding hydrogens is 369 g/mol. The fraction of sp³-hybridized carbons (Fsp3) is 0.316. The van der Waals surface area contributed by atoms with E-state index in [0.717, 1.165) is 16.0 Å². The van der Waals surface area contributed by atoms with Gasteiger partial charge in [0.2, 0.25) is 5.91 Å². The average Bonchev–Trinajstić information content (AvgIpc) is 3.02. The van der Waals surface area contributed by atoms with E-state index in [4.69, 9.17) is 4.74 Å². The summed E-state index contributed by atoms with van der Waals surface area (Å²) in [6.07, 6.45) is 1.42. The summed E-state index contributed by atoms with van der Waals surface area (Å²) in [5.74, 6) is -0.459. The zero-order valence-electron chi connectivity index (χ0n) is 14.8. The third kappa shape index (κ3) is 3.38. The number of ether oxygens (including phenoxy) is 1. The Morgan fingerprint density at radius 1 is 1.26 bits per heavy atom. The first kappa shape index (κ1) is 17.8. The van der Waals surface area contributed by atoms with Crippen molar-refractivity contribution >= 4 is 27.5 Å². The van der Waals surface area contributed by atoms with Crippen molar-refractivity contribution in [2.75, 3.05) is 26.3 Å². The minimum Gasteiger partial charge on any atom is -0.378 e. The molecule has 4 rings (SSSR count). The number of hydrogen-bond acceptors (Lipinski definition) is 5. The second-order valence-electron chi connectivity index (χ2n) is 6.39. The van der Waals surface area contributed by atoms with Crippen molar-refractivity contribution in [2.45, 2.75) is 13.5 Å². The van der Waals surface area contributed by atoms with Gasteiger partial charge >= 0.3 is 0 Å². The number of carbonyl (C=O) groups excluding carboxylic acids is 1. The zero-order chi connectivity index (χ0) is 19.0. The smallest absolute Gasteiger partial charge is 0.263 e. The number of nitrogens with zero attached hydrogens (tertiary/aromatic N) is 3. The maximum atomic E-state index is 13.3. The van der Waals surface area contributed by atoms with Crippen molar-refractivity contribution in [3.8, 4) is 11.1 Å². The van der Waals surface area contributed by atoms with E-state index in [2.05, 4.69) is 4.98 Å². The SMILES string of the molecule is Cc1sc2ncn(CC(=O)N3CCOCC3)c(=O)c2c1-c1ccc(F)cc1. The number of hydrogen-bond donors (Lipinski definition) is 0.